The van der Waals surface area contributed by atoms with Crippen molar-refractivity contribution < 1.29 is 44.4 Å². The van der Waals surface area contributed by atoms with E-state index in [1.165, 1.54) is 48.5 Å². The quantitative estimate of drug-likeness (QED) is 0.0477. The number of carbonyl (C=O) groups excluding carboxylic acids is 4. The molecule has 0 aliphatic rings. The normalized spacial score (nSPS) is 13.6. The van der Waals surface area contributed by atoms with Crippen molar-refractivity contribution in [2.24, 2.45) is 11.5 Å². The predicted octanol–water partition coefficient (Wildman–Crippen LogP) is 2.04. The smallest absolute Gasteiger partial charge is 0.326 e. The molecule has 5 atom stereocenters. The molecule has 5 aromatic rings. The first-order valence-corrected chi connectivity index (χ1v) is 19.6. The van der Waals surface area contributed by atoms with Gasteiger partial charge >= 0.3 is 5.97 Å². The standard InChI is InChI=1S/C44H51N7O9/c45-20-4-3-7-36(41(56)50-38(22-27-10-16-31(53)17-11-27)43(58)51-39(44(59)60)23-28-12-18-32(54)19-13-28)48-42(57)37(21-26-8-14-30(52)15-9-26)49-40(55)34(46)24-29-25-47-35-6-2-1-5-33(29)35/h1-2,5-6,8-19,25,34,36-39,47,52-54H,3-4,7,20-24,45-46H2,(H,48,57)(H,49,55)(H,50,56)(H,51,58)(H,59,60)/t34-,36-,37-,38-,39-/m0/s1. The van der Waals surface area contributed by atoms with Crippen LogP contribution in [0.5, 0.6) is 17.2 Å². The minimum absolute atomic E-state index is 0.00195. The molecule has 1 heterocycles. The number of hydrogen-bond donors (Lipinski definition) is 11. The molecule has 16 heteroatoms. The van der Waals surface area contributed by atoms with Crippen LogP contribution in [-0.4, -0.2) is 91.8 Å². The molecule has 16 nitrogen and oxygen atoms in total. The van der Waals surface area contributed by atoms with Gasteiger partial charge in [0.2, 0.25) is 23.6 Å². The summed E-state index contributed by atoms with van der Waals surface area (Å²) in [5.41, 5.74) is 15.5. The number of nitrogens with one attached hydrogen (secondary N) is 5. The number of benzene rings is 4. The molecule has 0 saturated heterocycles. The Balaban J connectivity index is 1.36. The highest BCUT2D eigenvalue weighted by Crippen LogP contribution is 2.20. The third-order valence-corrected chi connectivity index (χ3v) is 10.0. The van der Waals surface area contributed by atoms with Crippen molar-refractivity contribution in [3.8, 4) is 17.2 Å². The number of fused-ring (bicyclic) bond motifs is 1. The highest BCUT2D eigenvalue weighted by Gasteiger charge is 2.32. The van der Waals surface area contributed by atoms with Crippen molar-refractivity contribution in [1.82, 2.24) is 26.3 Å². The van der Waals surface area contributed by atoms with E-state index in [4.69, 9.17) is 11.5 Å². The number of aromatic nitrogens is 1. The molecule has 4 aromatic carbocycles. The Morgan fingerprint density at radius 1 is 0.550 bits per heavy atom. The first kappa shape index (κ1) is 44.2. The van der Waals surface area contributed by atoms with E-state index in [0.29, 0.717) is 36.1 Å². The van der Waals surface area contributed by atoms with Crippen LogP contribution in [0.4, 0.5) is 0 Å². The third kappa shape index (κ3) is 12.8. The monoisotopic (exact) mass is 821 g/mol. The molecule has 0 bridgehead atoms. The summed E-state index contributed by atoms with van der Waals surface area (Å²) >= 11 is 0. The fourth-order valence-electron chi connectivity index (χ4n) is 6.71. The lowest BCUT2D eigenvalue weighted by molar-refractivity contribution is -0.142. The first-order valence-electron chi connectivity index (χ1n) is 19.6. The Bertz CT molecular complexity index is 2230. The lowest BCUT2D eigenvalue weighted by atomic mass is 10.0. The van der Waals surface area contributed by atoms with Gasteiger partial charge in [-0.1, -0.05) is 54.6 Å². The second kappa shape index (κ2) is 21.2. The Kier molecular flexibility index (Phi) is 15.6. The Labute approximate surface area is 346 Å². The maximum Gasteiger partial charge on any atom is 0.326 e. The molecule has 1 aromatic heterocycles. The van der Waals surface area contributed by atoms with Crippen molar-refractivity contribution in [1.29, 1.82) is 0 Å². The number of amides is 4. The molecule has 0 saturated carbocycles. The molecule has 13 N–H and O–H groups in total. The molecule has 316 valence electrons. The van der Waals surface area contributed by atoms with Crippen molar-refractivity contribution in [2.45, 2.75) is 75.2 Å². The molecule has 60 heavy (non-hydrogen) atoms. The van der Waals surface area contributed by atoms with Gasteiger partial charge in [0.1, 0.15) is 41.4 Å². The fourth-order valence-corrected chi connectivity index (χ4v) is 6.71. The Morgan fingerprint density at radius 2 is 0.983 bits per heavy atom. The largest absolute Gasteiger partial charge is 0.508 e. The molecule has 0 spiro atoms. The summed E-state index contributed by atoms with van der Waals surface area (Å²) < 4.78 is 0. The van der Waals surface area contributed by atoms with Crippen molar-refractivity contribution in [3.63, 3.8) is 0 Å². The number of unbranched alkanes of at least 4 members (excludes halogenated alkanes) is 1. The number of aromatic hydroxyl groups is 3. The minimum Gasteiger partial charge on any atom is -0.508 e. The molecule has 0 aliphatic carbocycles. The van der Waals surface area contributed by atoms with Gasteiger partial charge < -0.3 is 58.1 Å². The van der Waals surface area contributed by atoms with Crippen molar-refractivity contribution in [3.05, 3.63) is 126 Å². The van der Waals surface area contributed by atoms with E-state index in [1.807, 2.05) is 24.3 Å². The van der Waals surface area contributed by atoms with Gasteiger partial charge in [0.05, 0.1) is 6.04 Å². The van der Waals surface area contributed by atoms with E-state index in [9.17, 15) is 44.4 Å². The summed E-state index contributed by atoms with van der Waals surface area (Å²) in [5, 5.41) is 51.0. The van der Waals surface area contributed by atoms with E-state index in [2.05, 4.69) is 26.3 Å². The summed E-state index contributed by atoms with van der Waals surface area (Å²) in [6.07, 6.45) is 2.68. The second-order valence-corrected chi connectivity index (χ2v) is 14.6. The number of aromatic amines is 1. The third-order valence-electron chi connectivity index (χ3n) is 10.0. The molecular weight excluding hydrogens is 771 g/mol. The average Bonchev–Trinajstić information content (AvgIpc) is 3.64. The number of phenols is 3. The molecule has 0 unspecified atom stereocenters. The topological polar surface area (TPSA) is 282 Å². The summed E-state index contributed by atoms with van der Waals surface area (Å²) in [7, 11) is 0. The van der Waals surface area contributed by atoms with E-state index in [-0.39, 0.29) is 49.4 Å². The van der Waals surface area contributed by atoms with E-state index in [0.717, 1.165) is 16.5 Å². The van der Waals surface area contributed by atoms with Crippen LogP contribution in [0.2, 0.25) is 0 Å². The van der Waals surface area contributed by atoms with Crippen molar-refractivity contribution >= 4 is 40.5 Å². The van der Waals surface area contributed by atoms with Gasteiger partial charge in [-0.05, 0) is 96.9 Å². The highest BCUT2D eigenvalue weighted by atomic mass is 16.4. The average molecular weight is 822 g/mol. The van der Waals surface area contributed by atoms with E-state index < -0.39 is 59.8 Å². The Morgan fingerprint density at radius 3 is 1.48 bits per heavy atom. The van der Waals surface area contributed by atoms with Crippen molar-refractivity contribution in [2.75, 3.05) is 6.54 Å². The number of nitrogens with two attached hydrogens (primary N) is 2. The predicted molar refractivity (Wildman–Crippen MR) is 224 cm³/mol. The minimum atomic E-state index is -1.41. The van der Waals surface area contributed by atoms with Crippen LogP contribution >= 0.6 is 0 Å². The maximum atomic E-state index is 14.2. The number of para-hydroxylation sites is 1. The SMILES string of the molecule is NCCCC[C@H](NC(=O)[C@H](Cc1ccc(O)cc1)NC(=O)[C@@H](N)Cc1c[nH]c2ccccc12)C(=O)N[C@@H](Cc1ccc(O)cc1)C(=O)N[C@@H](Cc1ccc(O)cc1)C(=O)O. The van der Waals surface area contributed by atoms with Crippen LogP contribution in [0.1, 0.15) is 41.5 Å². The molecule has 4 amide bonds. The van der Waals surface area contributed by atoms with Gasteiger partial charge in [0.25, 0.3) is 0 Å². The molecule has 0 fully saturated rings. The van der Waals surface area contributed by atoms with Crippen LogP contribution in [-0.2, 0) is 49.7 Å². The zero-order chi connectivity index (χ0) is 43.2. The number of phenolic OH excluding ortho intramolecular Hbond substituents is 3. The lowest BCUT2D eigenvalue weighted by Crippen LogP contribution is -2.59. The lowest BCUT2D eigenvalue weighted by Gasteiger charge is -2.27. The number of hydrogen-bond acceptors (Lipinski definition) is 10. The summed E-state index contributed by atoms with van der Waals surface area (Å²) in [4.78, 5) is 71.2. The summed E-state index contributed by atoms with van der Waals surface area (Å²) in [6.45, 7) is 0.305. The number of carboxylic acids is 1. The first-order chi connectivity index (χ1) is 28.8. The number of rotatable bonds is 21. The highest BCUT2D eigenvalue weighted by molar-refractivity contribution is 5.96. The van der Waals surface area contributed by atoms with Crippen LogP contribution < -0.4 is 32.7 Å². The van der Waals surface area contributed by atoms with Gasteiger partial charge in [-0.15, -0.1) is 0 Å². The second-order valence-electron chi connectivity index (χ2n) is 14.6. The molecular formula is C44H51N7O9. The molecule has 0 radical (unpaired) electrons. The number of H-pyrrole nitrogens is 1. The van der Waals surface area contributed by atoms with Crippen LogP contribution in [0, 0.1) is 0 Å². The number of carboxylic acid groups (broad SMARTS) is 1. The zero-order valence-electron chi connectivity index (χ0n) is 32.8. The zero-order valence-corrected chi connectivity index (χ0v) is 32.8. The van der Waals surface area contributed by atoms with Gasteiger partial charge in [0, 0.05) is 36.4 Å². The van der Waals surface area contributed by atoms with Gasteiger partial charge in [0.15, 0.2) is 0 Å². The van der Waals surface area contributed by atoms with Gasteiger partial charge in [-0.3, -0.25) is 19.2 Å². The maximum absolute atomic E-state index is 14.2. The summed E-state index contributed by atoms with van der Waals surface area (Å²) in [6, 6.07) is 19.1. The molecule has 5 rings (SSSR count). The van der Waals surface area contributed by atoms with Gasteiger partial charge in [-0.25, -0.2) is 4.79 Å². The van der Waals surface area contributed by atoms with E-state index >= 15 is 0 Å². The Hall–Kier alpha value is -6.91. The fraction of sp³-hybridized carbons (Fsp3) is 0.295. The van der Waals surface area contributed by atoms with Crippen LogP contribution in [0.3, 0.4) is 0 Å². The number of carbonyl (C=O) groups is 5. The summed E-state index contributed by atoms with van der Waals surface area (Å²) in [5.74, 6) is -4.29. The van der Waals surface area contributed by atoms with Crippen LogP contribution in [0.25, 0.3) is 10.9 Å². The molecule has 0 aliphatic heterocycles. The number of aliphatic carboxylic acids is 1. The van der Waals surface area contributed by atoms with E-state index in [1.54, 1.807) is 30.5 Å². The van der Waals surface area contributed by atoms with Crippen LogP contribution in [0.15, 0.2) is 103 Å². The van der Waals surface area contributed by atoms with Gasteiger partial charge in [-0.2, -0.15) is 0 Å².